The van der Waals surface area contributed by atoms with Gasteiger partial charge in [-0.2, -0.15) is 0 Å². The molecular weight excluding hydrogens is 434 g/mol. The van der Waals surface area contributed by atoms with Gasteiger partial charge < -0.3 is 9.88 Å². The predicted molar refractivity (Wildman–Crippen MR) is 124 cm³/mol. The minimum Gasteiger partial charge on any atom is -0.325 e. The smallest absolute Gasteiger partial charge is 0.271 e. The van der Waals surface area contributed by atoms with Gasteiger partial charge in [0.2, 0.25) is 5.91 Å². The predicted octanol–water partition coefficient (Wildman–Crippen LogP) is 4.50. The summed E-state index contributed by atoms with van der Waals surface area (Å²) in [6.07, 6.45) is 0. The third-order valence-corrected chi connectivity index (χ3v) is 6.60. The topological polar surface area (TPSA) is 103 Å². The second kappa shape index (κ2) is 10.5. The molecule has 0 bridgehead atoms. The van der Waals surface area contributed by atoms with Crippen LogP contribution in [-0.2, 0) is 23.3 Å². The lowest BCUT2D eigenvalue weighted by Crippen LogP contribution is -2.15. The van der Waals surface area contributed by atoms with Gasteiger partial charge in [-0.25, -0.2) is 0 Å². The molecule has 0 saturated carbocycles. The van der Waals surface area contributed by atoms with E-state index in [-0.39, 0.29) is 17.3 Å². The quantitative estimate of drug-likeness (QED) is 0.286. The van der Waals surface area contributed by atoms with Crippen LogP contribution in [-0.4, -0.2) is 31.3 Å². The first kappa shape index (κ1) is 22.8. The highest BCUT2D eigenvalue weighted by Gasteiger charge is 2.14. The maximum atomic E-state index is 12.3. The van der Waals surface area contributed by atoms with Gasteiger partial charge in [-0.05, 0) is 25.0 Å². The number of carbonyl (C=O) groups excluding carboxylic acids is 1. The Kier molecular flexibility index (Phi) is 7.69. The van der Waals surface area contributed by atoms with Crippen LogP contribution in [0.5, 0.6) is 0 Å². The average molecular weight is 458 g/mol. The van der Waals surface area contributed by atoms with Crippen LogP contribution in [0.4, 0.5) is 11.4 Å². The summed E-state index contributed by atoms with van der Waals surface area (Å²) < 4.78 is 1.89. The van der Waals surface area contributed by atoms with Crippen LogP contribution >= 0.6 is 23.5 Å². The number of benzene rings is 2. The molecule has 162 valence electrons. The molecule has 0 saturated heterocycles. The number of hydrogen-bond acceptors (Lipinski definition) is 7. The van der Waals surface area contributed by atoms with Gasteiger partial charge in [0.05, 0.1) is 22.1 Å². The molecule has 0 unspecified atom stereocenters. The Morgan fingerprint density at radius 1 is 1.13 bits per heavy atom. The average Bonchev–Trinajstić information content (AvgIpc) is 3.09. The maximum absolute atomic E-state index is 12.3. The van der Waals surface area contributed by atoms with Gasteiger partial charge in [-0.1, -0.05) is 47.7 Å². The van der Waals surface area contributed by atoms with Crippen LogP contribution in [0.1, 0.15) is 22.5 Å². The van der Waals surface area contributed by atoms with Gasteiger partial charge in [0, 0.05) is 24.9 Å². The Hall–Kier alpha value is -2.85. The van der Waals surface area contributed by atoms with E-state index in [1.54, 1.807) is 24.8 Å². The summed E-state index contributed by atoms with van der Waals surface area (Å²) in [6, 6.07) is 12.9. The molecule has 8 nitrogen and oxygen atoms in total. The van der Waals surface area contributed by atoms with Gasteiger partial charge in [-0.3, -0.25) is 14.9 Å². The van der Waals surface area contributed by atoms with Crippen molar-refractivity contribution in [3.63, 3.8) is 0 Å². The fourth-order valence-corrected chi connectivity index (χ4v) is 4.41. The van der Waals surface area contributed by atoms with E-state index < -0.39 is 4.92 Å². The monoisotopic (exact) mass is 457 g/mol. The molecule has 3 rings (SSSR count). The molecule has 1 heterocycles. The summed E-state index contributed by atoms with van der Waals surface area (Å²) in [5.41, 5.74) is 3.64. The number of nitro groups is 1. The molecule has 0 aliphatic heterocycles. The summed E-state index contributed by atoms with van der Waals surface area (Å²) >= 11 is 3.03. The largest absolute Gasteiger partial charge is 0.325 e. The van der Waals surface area contributed by atoms with E-state index in [0.717, 1.165) is 22.9 Å². The zero-order valence-electron chi connectivity index (χ0n) is 17.5. The second-order valence-electron chi connectivity index (χ2n) is 7.03. The zero-order chi connectivity index (χ0) is 22.4. The summed E-state index contributed by atoms with van der Waals surface area (Å²) in [5, 5.41) is 22.7. The van der Waals surface area contributed by atoms with Crippen LogP contribution in [0, 0.1) is 24.0 Å². The van der Waals surface area contributed by atoms with Crippen molar-refractivity contribution in [1.82, 2.24) is 14.8 Å². The Morgan fingerprint density at radius 3 is 2.58 bits per heavy atom. The summed E-state index contributed by atoms with van der Waals surface area (Å²) in [5.74, 6) is 2.32. The highest BCUT2D eigenvalue weighted by molar-refractivity contribution is 7.99. The molecule has 1 aromatic heterocycles. The molecule has 0 aliphatic carbocycles. The molecule has 0 fully saturated rings. The number of carbonyl (C=O) groups is 1. The zero-order valence-corrected chi connectivity index (χ0v) is 19.1. The van der Waals surface area contributed by atoms with Crippen LogP contribution in [0.15, 0.2) is 47.6 Å². The van der Waals surface area contributed by atoms with Crippen LogP contribution in [0.25, 0.3) is 0 Å². The molecule has 31 heavy (non-hydrogen) atoms. The fourth-order valence-electron chi connectivity index (χ4n) is 2.72. The third-order valence-electron chi connectivity index (χ3n) is 4.58. The van der Waals surface area contributed by atoms with E-state index in [2.05, 4.69) is 46.7 Å². The normalized spacial score (nSPS) is 10.8. The van der Waals surface area contributed by atoms with E-state index >= 15 is 0 Å². The number of aryl methyl sites for hydroxylation is 2. The van der Waals surface area contributed by atoms with Crippen molar-refractivity contribution in [2.45, 2.75) is 30.5 Å². The van der Waals surface area contributed by atoms with Crippen molar-refractivity contribution in [2.24, 2.45) is 7.05 Å². The molecule has 2 aromatic carbocycles. The van der Waals surface area contributed by atoms with Crippen LogP contribution in [0.2, 0.25) is 0 Å². The standard InChI is InChI=1S/C21H23N5O3S2/c1-14-4-7-16(8-5-14)11-30-12-19-23-24-21(25(19)3)31-13-20(27)22-18-10-17(26(28)29)9-6-15(18)2/h4-10H,11-13H2,1-3H3,(H,22,27). The molecule has 1 amide bonds. The van der Waals surface area contributed by atoms with Gasteiger partial charge >= 0.3 is 0 Å². The number of nitrogens with zero attached hydrogens (tertiary/aromatic N) is 4. The lowest BCUT2D eigenvalue weighted by Gasteiger charge is -2.08. The van der Waals surface area contributed by atoms with E-state index in [4.69, 9.17) is 0 Å². The Balaban J connectivity index is 1.51. The van der Waals surface area contributed by atoms with Crippen molar-refractivity contribution < 1.29 is 9.72 Å². The summed E-state index contributed by atoms with van der Waals surface area (Å²) in [4.78, 5) is 22.8. The van der Waals surface area contributed by atoms with E-state index in [1.807, 2.05) is 11.6 Å². The first-order chi connectivity index (χ1) is 14.8. The van der Waals surface area contributed by atoms with E-state index in [9.17, 15) is 14.9 Å². The molecule has 0 spiro atoms. The van der Waals surface area contributed by atoms with Crippen molar-refractivity contribution in [3.05, 3.63) is 75.1 Å². The number of aromatic nitrogens is 3. The second-order valence-corrected chi connectivity index (χ2v) is 8.96. The van der Waals surface area contributed by atoms with Crippen molar-refractivity contribution in [1.29, 1.82) is 0 Å². The van der Waals surface area contributed by atoms with Gasteiger partial charge in [0.1, 0.15) is 5.82 Å². The van der Waals surface area contributed by atoms with Gasteiger partial charge in [-0.15, -0.1) is 22.0 Å². The number of thioether (sulfide) groups is 2. The Morgan fingerprint density at radius 2 is 1.87 bits per heavy atom. The summed E-state index contributed by atoms with van der Waals surface area (Å²) in [6.45, 7) is 3.86. The number of nitrogens with one attached hydrogen (secondary N) is 1. The molecule has 1 N–H and O–H groups in total. The minimum atomic E-state index is -0.484. The molecule has 3 aromatic rings. The number of hydrogen-bond donors (Lipinski definition) is 1. The molecule has 0 radical (unpaired) electrons. The maximum Gasteiger partial charge on any atom is 0.271 e. The minimum absolute atomic E-state index is 0.0605. The highest BCUT2D eigenvalue weighted by atomic mass is 32.2. The first-order valence-electron chi connectivity index (χ1n) is 9.52. The number of anilines is 1. The molecular formula is C21H23N5O3S2. The number of nitro benzene ring substituents is 1. The SMILES string of the molecule is Cc1ccc(CSCc2nnc(SCC(=O)Nc3cc([N+](=O)[O-])ccc3C)n2C)cc1. The van der Waals surface area contributed by atoms with Gasteiger partial charge in [0.25, 0.3) is 5.69 Å². The van der Waals surface area contributed by atoms with Crippen molar-refractivity contribution in [3.8, 4) is 0 Å². The number of rotatable bonds is 9. The van der Waals surface area contributed by atoms with Gasteiger partial charge in [0.15, 0.2) is 5.16 Å². The highest BCUT2D eigenvalue weighted by Crippen LogP contribution is 2.24. The molecule has 0 aliphatic rings. The molecule has 10 heteroatoms. The Labute approximate surface area is 189 Å². The summed E-state index contributed by atoms with van der Waals surface area (Å²) in [7, 11) is 1.88. The van der Waals surface area contributed by atoms with Crippen LogP contribution < -0.4 is 5.32 Å². The van der Waals surface area contributed by atoms with E-state index in [0.29, 0.717) is 10.8 Å². The van der Waals surface area contributed by atoms with Crippen molar-refractivity contribution in [2.75, 3.05) is 11.1 Å². The van der Waals surface area contributed by atoms with E-state index in [1.165, 1.54) is 35.0 Å². The lowest BCUT2D eigenvalue weighted by molar-refractivity contribution is -0.384. The number of amides is 1. The first-order valence-corrected chi connectivity index (χ1v) is 11.7. The molecule has 0 atom stereocenters. The lowest BCUT2D eigenvalue weighted by atomic mass is 10.2. The fraction of sp³-hybridized carbons (Fsp3) is 0.286. The van der Waals surface area contributed by atoms with Crippen molar-refractivity contribution >= 4 is 40.8 Å². The number of non-ortho nitro benzene ring substituents is 1. The third kappa shape index (κ3) is 6.31. The Bertz CT molecular complexity index is 1080. The van der Waals surface area contributed by atoms with Crippen LogP contribution in [0.3, 0.4) is 0 Å².